The van der Waals surface area contributed by atoms with Gasteiger partial charge in [0, 0.05) is 50.2 Å². The van der Waals surface area contributed by atoms with Crippen LogP contribution in [0.2, 0.25) is 10.0 Å². The van der Waals surface area contributed by atoms with Gasteiger partial charge < -0.3 is 34.3 Å². The number of nitrogens with one attached hydrogen (secondary N) is 2. The number of fused-ring (bicyclic) bond motifs is 1. The van der Waals surface area contributed by atoms with Crippen molar-refractivity contribution in [2.75, 3.05) is 65.9 Å². The van der Waals surface area contributed by atoms with Crippen LogP contribution in [-0.2, 0) is 0 Å². The van der Waals surface area contributed by atoms with Crippen molar-refractivity contribution in [3.63, 3.8) is 0 Å². The Morgan fingerprint density at radius 1 is 1.03 bits per heavy atom. The van der Waals surface area contributed by atoms with Crippen molar-refractivity contribution < 1.29 is 14.2 Å². The standard InChI is InChI=1S/C26H29Cl2N5O4/c1-32-6-8-33(9-7-32)5-4-10-37-24-13-20-16(11-23(24)36-3)25(17(15-29)26(34)31-20)30-21-14-22(35-2)19(28)12-18(21)27/h11-14H,4-10H2,1-3H3,(H2,30,31,34). The molecule has 0 unspecified atom stereocenters. The molecule has 0 radical (unpaired) electrons. The molecule has 0 spiro atoms. The van der Waals surface area contributed by atoms with E-state index in [9.17, 15) is 10.1 Å². The molecule has 1 fully saturated rings. The smallest absolute Gasteiger partial charge is 0.268 e. The number of H-pyrrole nitrogens is 1. The normalized spacial score (nSPS) is 14.4. The number of hydrogen-bond acceptors (Lipinski definition) is 8. The number of halogens is 2. The number of benzene rings is 2. The van der Waals surface area contributed by atoms with Crippen molar-refractivity contribution >= 4 is 45.5 Å². The maximum Gasteiger partial charge on any atom is 0.268 e. The summed E-state index contributed by atoms with van der Waals surface area (Å²) >= 11 is 12.6. The molecule has 2 N–H and O–H groups in total. The second-order valence-electron chi connectivity index (χ2n) is 8.80. The van der Waals surface area contributed by atoms with Gasteiger partial charge >= 0.3 is 0 Å². The molecular formula is C26H29Cl2N5O4. The average Bonchev–Trinajstić information content (AvgIpc) is 2.88. The number of aromatic amines is 1. The van der Waals surface area contributed by atoms with E-state index in [0.717, 1.165) is 39.1 Å². The summed E-state index contributed by atoms with van der Waals surface area (Å²) in [6.07, 6.45) is 0.860. The lowest BCUT2D eigenvalue weighted by Gasteiger charge is -2.32. The van der Waals surface area contributed by atoms with E-state index in [0.29, 0.717) is 50.5 Å². The second kappa shape index (κ2) is 11.9. The lowest BCUT2D eigenvalue weighted by molar-refractivity contribution is 0.145. The van der Waals surface area contributed by atoms with Crippen molar-refractivity contribution in [2.24, 2.45) is 0 Å². The number of methoxy groups -OCH3 is 2. The van der Waals surface area contributed by atoms with E-state index in [1.165, 1.54) is 13.2 Å². The van der Waals surface area contributed by atoms with Gasteiger partial charge in [0.2, 0.25) is 0 Å². The zero-order valence-corrected chi connectivity index (χ0v) is 22.5. The molecule has 2 aromatic carbocycles. The molecule has 1 aromatic heterocycles. The Labute approximate surface area is 225 Å². The van der Waals surface area contributed by atoms with Gasteiger partial charge in [-0.2, -0.15) is 5.26 Å². The van der Waals surface area contributed by atoms with Crippen LogP contribution in [0.1, 0.15) is 12.0 Å². The minimum atomic E-state index is -0.541. The van der Waals surface area contributed by atoms with Crippen molar-refractivity contribution in [1.82, 2.24) is 14.8 Å². The molecule has 37 heavy (non-hydrogen) atoms. The molecule has 3 aromatic rings. The first-order valence-corrected chi connectivity index (χ1v) is 12.6. The lowest BCUT2D eigenvalue weighted by atomic mass is 10.1. The molecule has 0 saturated carbocycles. The van der Waals surface area contributed by atoms with Crippen LogP contribution in [0.3, 0.4) is 0 Å². The highest BCUT2D eigenvalue weighted by Crippen LogP contribution is 2.39. The van der Waals surface area contributed by atoms with E-state index in [1.807, 2.05) is 6.07 Å². The third-order valence-electron chi connectivity index (χ3n) is 6.38. The first-order valence-electron chi connectivity index (χ1n) is 11.9. The van der Waals surface area contributed by atoms with Gasteiger partial charge in [0.1, 0.15) is 17.4 Å². The monoisotopic (exact) mass is 545 g/mol. The molecule has 2 heterocycles. The maximum absolute atomic E-state index is 12.8. The fourth-order valence-electron chi connectivity index (χ4n) is 4.27. The van der Waals surface area contributed by atoms with Gasteiger partial charge in [-0.15, -0.1) is 0 Å². The highest BCUT2D eigenvalue weighted by atomic mass is 35.5. The molecule has 4 rings (SSSR count). The van der Waals surface area contributed by atoms with Crippen molar-refractivity contribution in [3.8, 4) is 23.3 Å². The molecule has 0 aliphatic carbocycles. The molecule has 196 valence electrons. The van der Waals surface area contributed by atoms with Crippen LogP contribution in [-0.4, -0.2) is 75.4 Å². The molecule has 11 heteroatoms. The predicted octanol–water partition coefficient (Wildman–Crippen LogP) is 4.48. The quantitative estimate of drug-likeness (QED) is 0.379. The summed E-state index contributed by atoms with van der Waals surface area (Å²) in [5.74, 6) is 1.38. The van der Waals surface area contributed by atoms with Gasteiger partial charge in [-0.05, 0) is 25.6 Å². The largest absolute Gasteiger partial charge is 0.495 e. The summed E-state index contributed by atoms with van der Waals surface area (Å²) in [6.45, 7) is 5.70. The van der Waals surface area contributed by atoms with Crippen LogP contribution in [0.25, 0.3) is 10.9 Å². The summed E-state index contributed by atoms with van der Waals surface area (Å²) in [5.41, 5.74) is 0.557. The van der Waals surface area contributed by atoms with Crippen LogP contribution >= 0.6 is 23.2 Å². The van der Waals surface area contributed by atoms with Crippen LogP contribution in [0.4, 0.5) is 11.4 Å². The molecule has 0 bridgehead atoms. The SMILES string of the molecule is COc1cc(Nc2c(C#N)c(=O)[nH]c3cc(OCCCN4CCN(C)CC4)c(OC)cc23)c(Cl)cc1Cl. The maximum atomic E-state index is 12.8. The molecular weight excluding hydrogens is 517 g/mol. The number of nitrogens with zero attached hydrogens (tertiary/aromatic N) is 3. The molecule has 9 nitrogen and oxygen atoms in total. The predicted molar refractivity (Wildman–Crippen MR) is 146 cm³/mol. The number of anilines is 2. The van der Waals surface area contributed by atoms with E-state index >= 15 is 0 Å². The Hall–Kier alpha value is -3.16. The number of aromatic nitrogens is 1. The molecule has 0 amide bonds. The first-order chi connectivity index (χ1) is 17.8. The summed E-state index contributed by atoms with van der Waals surface area (Å²) in [4.78, 5) is 20.3. The number of likely N-dealkylation sites (N-methyl/N-ethyl adjacent to an activating group) is 1. The number of pyridine rings is 1. The summed E-state index contributed by atoms with van der Waals surface area (Å²) < 4.78 is 16.9. The molecule has 1 aliphatic heterocycles. The van der Waals surface area contributed by atoms with E-state index in [2.05, 4.69) is 27.1 Å². The van der Waals surface area contributed by atoms with E-state index in [4.69, 9.17) is 37.4 Å². The summed E-state index contributed by atoms with van der Waals surface area (Å²) in [6, 6.07) is 8.55. The fourth-order valence-corrected chi connectivity index (χ4v) is 4.78. The van der Waals surface area contributed by atoms with Crippen LogP contribution < -0.4 is 25.1 Å². The second-order valence-corrected chi connectivity index (χ2v) is 9.62. The highest BCUT2D eigenvalue weighted by Gasteiger charge is 2.19. The van der Waals surface area contributed by atoms with Gasteiger partial charge in [0.15, 0.2) is 11.5 Å². The van der Waals surface area contributed by atoms with E-state index in [-0.39, 0.29) is 11.3 Å². The fraction of sp³-hybridized carbons (Fsp3) is 0.385. The zero-order valence-electron chi connectivity index (χ0n) is 21.0. The minimum Gasteiger partial charge on any atom is -0.495 e. The average molecular weight is 546 g/mol. The van der Waals surface area contributed by atoms with Crippen molar-refractivity contribution in [2.45, 2.75) is 6.42 Å². The topological polar surface area (TPSA) is 103 Å². The Morgan fingerprint density at radius 3 is 2.43 bits per heavy atom. The minimum absolute atomic E-state index is 0.0969. The number of hydrogen-bond donors (Lipinski definition) is 2. The van der Waals surface area contributed by atoms with Gasteiger partial charge in [0.25, 0.3) is 5.56 Å². The molecule has 1 saturated heterocycles. The number of rotatable bonds is 9. The Kier molecular flexibility index (Phi) is 8.67. The third kappa shape index (κ3) is 6.05. The van der Waals surface area contributed by atoms with Crippen LogP contribution in [0.5, 0.6) is 17.2 Å². The third-order valence-corrected chi connectivity index (χ3v) is 6.99. The van der Waals surface area contributed by atoms with Gasteiger partial charge in [0.05, 0.1) is 47.8 Å². The zero-order chi connectivity index (χ0) is 26.5. The van der Waals surface area contributed by atoms with E-state index in [1.54, 1.807) is 25.3 Å². The van der Waals surface area contributed by atoms with Crippen molar-refractivity contribution in [1.29, 1.82) is 5.26 Å². The van der Waals surface area contributed by atoms with Gasteiger partial charge in [-0.1, -0.05) is 23.2 Å². The number of piperazine rings is 1. The summed E-state index contributed by atoms with van der Waals surface area (Å²) in [5, 5.41) is 14.1. The van der Waals surface area contributed by atoms with Crippen LogP contribution in [0.15, 0.2) is 29.1 Å². The first kappa shape index (κ1) is 26.9. The molecule has 0 atom stereocenters. The van der Waals surface area contributed by atoms with Gasteiger partial charge in [-0.3, -0.25) is 4.79 Å². The Morgan fingerprint density at radius 2 is 1.76 bits per heavy atom. The van der Waals surface area contributed by atoms with Crippen LogP contribution in [0, 0.1) is 11.3 Å². The van der Waals surface area contributed by atoms with Gasteiger partial charge in [-0.25, -0.2) is 0 Å². The molecule has 1 aliphatic rings. The van der Waals surface area contributed by atoms with E-state index < -0.39 is 5.56 Å². The summed E-state index contributed by atoms with van der Waals surface area (Å²) in [7, 11) is 5.17. The number of nitriles is 1. The lowest BCUT2D eigenvalue weighted by Crippen LogP contribution is -2.44. The Balaban J connectivity index is 1.62. The highest BCUT2D eigenvalue weighted by molar-refractivity contribution is 6.37. The number of ether oxygens (including phenoxy) is 3. The Bertz CT molecular complexity index is 1380. The van der Waals surface area contributed by atoms with Crippen molar-refractivity contribution in [3.05, 3.63) is 50.2 Å².